The molecule has 0 saturated heterocycles. The third kappa shape index (κ3) is 39.1. The first-order valence-corrected chi connectivity index (χ1v) is 16.4. The lowest BCUT2D eigenvalue weighted by molar-refractivity contribution is -0.156. The third-order valence-corrected chi connectivity index (χ3v) is 5.69. The van der Waals surface area contributed by atoms with Gasteiger partial charge in [0.25, 0.3) is 0 Å². The molecule has 270 valence electrons. The summed E-state index contributed by atoms with van der Waals surface area (Å²) >= 11 is 0. The number of hydrogen-bond acceptors (Lipinski definition) is 13. The van der Waals surface area contributed by atoms with E-state index in [-0.39, 0.29) is 12.4 Å². The molecular weight excluding hydrogens is 592 g/mol. The van der Waals surface area contributed by atoms with E-state index in [1.807, 2.05) is 20.8 Å². The summed E-state index contributed by atoms with van der Waals surface area (Å²) in [6.07, 6.45) is 1.36. The summed E-state index contributed by atoms with van der Waals surface area (Å²) in [6, 6.07) is 0. The van der Waals surface area contributed by atoms with Gasteiger partial charge < -0.3 is 56.8 Å². The summed E-state index contributed by atoms with van der Waals surface area (Å²) in [7, 11) is 0. The van der Waals surface area contributed by atoms with Crippen molar-refractivity contribution in [3.05, 3.63) is 0 Å². The average molecular weight is 657 g/mol. The first-order valence-electron chi connectivity index (χ1n) is 16.4. The van der Waals surface area contributed by atoms with Crippen LogP contribution in [0, 0.1) is 5.92 Å². The minimum Gasteiger partial charge on any atom is -0.460 e. The molecule has 0 spiro atoms. The molecule has 0 aromatic carbocycles. The molecule has 13 heteroatoms. The molecule has 0 aliphatic rings. The van der Waals surface area contributed by atoms with E-state index in [9.17, 15) is 4.79 Å². The molecule has 0 aliphatic heterocycles. The second kappa shape index (κ2) is 34.4. The molecule has 0 fully saturated rings. The Morgan fingerprint density at radius 2 is 0.689 bits per heavy atom. The van der Waals surface area contributed by atoms with E-state index in [1.54, 1.807) is 0 Å². The highest BCUT2D eigenvalue weighted by molar-refractivity contribution is 5.69. The van der Waals surface area contributed by atoms with Crippen LogP contribution in [0.3, 0.4) is 0 Å². The number of carbonyl (C=O) groups is 1. The zero-order valence-electron chi connectivity index (χ0n) is 28.9. The van der Waals surface area contributed by atoms with Crippen molar-refractivity contribution in [3.63, 3.8) is 0 Å². The molecule has 0 heterocycles. The second-order valence-electron chi connectivity index (χ2n) is 11.0. The van der Waals surface area contributed by atoms with E-state index in [0.29, 0.717) is 145 Å². The summed E-state index contributed by atoms with van der Waals surface area (Å²) in [5, 5.41) is 0. The predicted octanol–water partition coefficient (Wildman–Crippen LogP) is 2.95. The van der Waals surface area contributed by atoms with Gasteiger partial charge in [0, 0.05) is 6.61 Å². The van der Waals surface area contributed by atoms with E-state index in [4.69, 9.17) is 56.8 Å². The molecule has 0 aromatic rings. The highest BCUT2D eigenvalue weighted by Crippen LogP contribution is 2.08. The van der Waals surface area contributed by atoms with Gasteiger partial charge in [-0.2, -0.15) is 0 Å². The topological polar surface area (TPSA) is 128 Å². The minimum atomic E-state index is -0.472. The average Bonchev–Trinajstić information content (AvgIpc) is 3.00. The molecule has 45 heavy (non-hydrogen) atoms. The molecule has 0 radical (unpaired) electrons. The molecule has 13 nitrogen and oxygen atoms in total. The van der Waals surface area contributed by atoms with Crippen molar-refractivity contribution < 1.29 is 61.6 Å². The van der Waals surface area contributed by atoms with Crippen molar-refractivity contribution in [2.45, 2.75) is 53.1 Å². The van der Waals surface area contributed by atoms with Crippen LogP contribution < -0.4 is 0 Å². The van der Waals surface area contributed by atoms with E-state index in [2.05, 4.69) is 13.8 Å². The Bertz CT molecular complexity index is 604. The summed E-state index contributed by atoms with van der Waals surface area (Å²) in [6.45, 7) is 21.2. The zero-order chi connectivity index (χ0) is 33.1. The summed E-state index contributed by atoms with van der Waals surface area (Å²) < 4.78 is 65.3. The van der Waals surface area contributed by atoms with Crippen LogP contribution in [0.2, 0.25) is 0 Å². The van der Waals surface area contributed by atoms with Crippen molar-refractivity contribution in [2.24, 2.45) is 5.92 Å². The lowest BCUT2D eigenvalue weighted by Gasteiger charge is -2.19. The standard InChI is InChI=1S/C32H64O13/c1-6-30(2)29-44-28-27-43-26-25-42-24-23-41-22-21-40-20-19-39-18-17-38-16-15-37-14-13-36-12-11-35-10-9-34-8-7-31(33)45-32(3,4)5/h30H,6-29H2,1-5H3. The summed E-state index contributed by atoms with van der Waals surface area (Å²) in [4.78, 5) is 11.6. The van der Waals surface area contributed by atoms with Crippen molar-refractivity contribution in [3.8, 4) is 0 Å². The van der Waals surface area contributed by atoms with E-state index in [1.165, 1.54) is 0 Å². The molecule has 0 bridgehead atoms. The molecule has 1 atom stereocenters. The fraction of sp³-hybridized carbons (Fsp3) is 0.969. The van der Waals surface area contributed by atoms with E-state index >= 15 is 0 Å². The Labute approximate surface area is 272 Å². The lowest BCUT2D eigenvalue weighted by Crippen LogP contribution is -2.24. The van der Waals surface area contributed by atoms with Gasteiger partial charge >= 0.3 is 5.97 Å². The predicted molar refractivity (Wildman–Crippen MR) is 169 cm³/mol. The van der Waals surface area contributed by atoms with Gasteiger partial charge in [-0.05, 0) is 26.7 Å². The van der Waals surface area contributed by atoms with E-state index in [0.717, 1.165) is 13.0 Å². The van der Waals surface area contributed by atoms with Gasteiger partial charge in [-0.15, -0.1) is 0 Å². The summed E-state index contributed by atoms with van der Waals surface area (Å²) in [5.74, 6) is 0.331. The van der Waals surface area contributed by atoms with Crippen LogP contribution in [-0.4, -0.2) is 157 Å². The fourth-order valence-corrected chi connectivity index (χ4v) is 3.15. The van der Waals surface area contributed by atoms with Gasteiger partial charge in [-0.25, -0.2) is 0 Å². The lowest BCUT2D eigenvalue weighted by atomic mass is 10.1. The van der Waals surface area contributed by atoms with Crippen LogP contribution in [0.5, 0.6) is 0 Å². The molecule has 1 unspecified atom stereocenters. The van der Waals surface area contributed by atoms with Gasteiger partial charge in [0.1, 0.15) is 5.60 Å². The van der Waals surface area contributed by atoms with Gasteiger partial charge in [0.2, 0.25) is 0 Å². The van der Waals surface area contributed by atoms with Crippen LogP contribution >= 0.6 is 0 Å². The maximum Gasteiger partial charge on any atom is 0.308 e. The van der Waals surface area contributed by atoms with Crippen LogP contribution in [0.25, 0.3) is 0 Å². The fourth-order valence-electron chi connectivity index (χ4n) is 3.15. The number of carbonyl (C=O) groups excluding carboxylic acids is 1. The maximum atomic E-state index is 11.6. The molecule has 0 saturated carbocycles. The molecule has 0 aromatic heterocycles. The van der Waals surface area contributed by atoms with Crippen molar-refractivity contribution >= 4 is 5.97 Å². The first kappa shape index (κ1) is 44.0. The number of esters is 1. The van der Waals surface area contributed by atoms with Crippen LogP contribution in [-0.2, 0) is 61.6 Å². The Balaban J connectivity index is 3.10. The minimum absolute atomic E-state index is 0.234. The van der Waals surface area contributed by atoms with E-state index < -0.39 is 5.60 Å². The molecule has 0 amide bonds. The van der Waals surface area contributed by atoms with Crippen molar-refractivity contribution in [1.29, 1.82) is 0 Å². The summed E-state index contributed by atoms with van der Waals surface area (Å²) in [5.41, 5.74) is -0.472. The Morgan fingerprint density at radius 3 is 0.933 bits per heavy atom. The quantitative estimate of drug-likeness (QED) is 0.0725. The monoisotopic (exact) mass is 656 g/mol. The van der Waals surface area contributed by atoms with Crippen molar-refractivity contribution in [1.82, 2.24) is 0 Å². The number of ether oxygens (including phenoxy) is 12. The molecule has 0 aliphatic carbocycles. The third-order valence-electron chi connectivity index (χ3n) is 5.69. The first-order chi connectivity index (χ1) is 21.8. The van der Waals surface area contributed by atoms with Crippen LogP contribution in [0.15, 0.2) is 0 Å². The maximum absolute atomic E-state index is 11.6. The number of hydrogen-bond donors (Lipinski definition) is 0. The largest absolute Gasteiger partial charge is 0.460 e. The van der Waals surface area contributed by atoms with Gasteiger partial charge in [0.05, 0.1) is 145 Å². The van der Waals surface area contributed by atoms with Crippen molar-refractivity contribution in [2.75, 3.05) is 145 Å². The normalized spacial score (nSPS) is 12.6. The van der Waals surface area contributed by atoms with Gasteiger partial charge in [-0.3, -0.25) is 4.79 Å². The molecule has 0 rings (SSSR count). The Kier molecular flexibility index (Phi) is 33.6. The Morgan fingerprint density at radius 1 is 0.444 bits per heavy atom. The highest BCUT2D eigenvalue weighted by atomic mass is 16.6. The SMILES string of the molecule is CCC(C)COCCOCCOCCOCCOCCOCCOCCOCCOCCOCCOCCC(=O)OC(C)(C)C. The number of rotatable bonds is 36. The zero-order valence-corrected chi connectivity index (χ0v) is 28.9. The van der Waals surface area contributed by atoms with Gasteiger partial charge in [0.15, 0.2) is 0 Å². The van der Waals surface area contributed by atoms with Crippen LogP contribution in [0.1, 0.15) is 47.5 Å². The Hall–Kier alpha value is -0.970. The molecule has 0 N–H and O–H groups in total. The molecular formula is C32H64O13. The second-order valence-corrected chi connectivity index (χ2v) is 11.0. The highest BCUT2D eigenvalue weighted by Gasteiger charge is 2.15. The van der Waals surface area contributed by atoms with Gasteiger partial charge in [-0.1, -0.05) is 20.3 Å². The van der Waals surface area contributed by atoms with Crippen LogP contribution in [0.4, 0.5) is 0 Å². The smallest absolute Gasteiger partial charge is 0.308 e.